The van der Waals surface area contributed by atoms with Crippen molar-refractivity contribution in [2.45, 2.75) is 39.4 Å². The van der Waals surface area contributed by atoms with Crippen molar-refractivity contribution >= 4 is 17.0 Å². The first kappa shape index (κ1) is 16.3. The van der Waals surface area contributed by atoms with Crippen LogP contribution < -0.4 is 15.4 Å². The second-order valence-electron chi connectivity index (χ2n) is 6.51. The molecule has 0 fully saturated rings. The van der Waals surface area contributed by atoms with E-state index in [0.29, 0.717) is 17.9 Å². The Morgan fingerprint density at radius 1 is 1.39 bits per heavy atom. The van der Waals surface area contributed by atoms with E-state index in [2.05, 4.69) is 48.5 Å². The standard InChI is InChI=1S/C18H25N3OS/c1-11(2)17-12(3)18(20-10-16-19-7-8-23-16)14-9-13(22-4)5-6-15(14)21-17/h5-9,11-12,17-18,20-21H,10H2,1-4H3/t12-,17-,18+/m1/s1. The summed E-state index contributed by atoms with van der Waals surface area (Å²) in [6.07, 6.45) is 1.86. The number of benzene rings is 1. The third-order valence-electron chi connectivity index (χ3n) is 4.68. The molecule has 1 aromatic heterocycles. The topological polar surface area (TPSA) is 46.2 Å². The highest BCUT2D eigenvalue weighted by Crippen LogP contribution is 2.40. The minimum atomic E-state index is 0.289. The Hall–Kier alpha value is -1.59. The highest BCUT2D eigenvalue weighted by Gasteiger charge is 2.35. The number of nitrogens with zero attached hydrogens (tertiary/aromatic N) is 1. The van der Waals surface area contributed by atoms with Crippen molar-refractivity contribution in [2.75, 3.05) is 12.4 Å². The van der Waals surface area contributed by atoms with E-state index in [9.17, 15) is 0 Å². The third-order valence-corrected chi connectivity index (χ3v) is 5.46. The van der Waals surface area contributed by atoms with Gasteiger partial charge in [0.05, 0.1) is 7.11 Å². The van der Waals surface area contributed by atoms with Gasteiger partial charge in [-0.05, 0) is 35.6 Å². The number of aromatic nitrogens is 1. The van der Waals surface area contributed by atoms with Gasteiger partial charge in [-0.2, -0.15) is 0 Å². The maximum Gasteiger partial charge on any atom is 0.119 e. The number of rotatable bonds is 5. The molecule has 124 valence electrons. The van der Waals surface area contributed by atoms with Gasteiger partial charge in [-0.15, -0.1) is 11.3 Å². The summed E-state index contributed by atoms with van der Waals surface area (Å²) in [6, 6.07) is 7.04. The van der Waals surface area contributed by atoms with Gasteiger partial charge in [0, 0.05) is 35.9 Å². The summed E-state index contributed by atoms with van der Waals surface area (Å²) in [5, 5.41) is 10.6. The number of anilines is 1. The van der Waals surface area contributed by atoms with Crippen LogP contribution in [0, 0.1) is 11.8 Å². The normalized spacial score (nSPS) is 23.4. The maximum absolute atomic E-state index is 5.42. The summed E-state index contributed by atoms with van der Waals surface area (Å²) in [7, 11) is 1.72. The molecule has 0 spiro atoms. The van der Waals surface area contributed by atoms with Crippen molar-refractivity contribution in [2.24, 2.45) is 11.8 Å². The first-order valence-electron chi connectivity index (χ1n) is 8.16. The van der Waals surface area contributed by atoms with E-state index in [1.807, 2.05) is 17.6 Å². The quantitative estimate of drug-likeness (QED) is 0.867. The third kappa shape index (κ3) is 3.35. The van der Waals surface area contributed by atoms with Crippen molar-refractivity contribution in [1.29, 1.82) is 0 Å². The van der Waals surface area contributed by atoms with E-state index in [1.54, 1.807) is 18.4 Å². The number of methoxy groups -OCH3 is 1. The zero-order valence-corrected chi connectivity index (χ0v) is 15.0. The molecule has 1 aliphatic rings. The molecule has 0 bridgehead atoms. The van der Waals surface area contributed by atoms with Gasteiger partial charge in [0.1, 0.15) is 10.8 Å². The van der Waals surface area contributed by atoms with E-state index in [-0.39, 0.29) is 6.04 Å². The molecule has 2 heterocycles. The molecule has 0 saturated carbocycles. The van der Waals surface area contributed by atoms with E-state index in [0.717, 1.165) is 17.3 Å². The molecule has 23 heavy (non-hydrogen) atoms. The van der Waals surface area contributed by atoms with Crippen LogP contribution in [0.3, 0.4) is 0 Å². The largest absolute Gasteiger partial charge is 0.497 e. The Morgan fingerprint density at radius 3 is 2.87 bits per heavy atom. The van der Waals surface area contributed by atoms with Crippen LogP contribution in [0.15, 0.2) is 29.8 Å². The highest BCUT2D eigenvalue weighted by atomic mass is 32.1. The maximum atomic E-state index is 5.42. The predicted molar refractivity (Wildman–Crippen MR) is 96.1 cm³/mol. The lowest BCUT2D eigenvalue weighted by atomic mass is 9.79. The average Bonchev–Trinajstić information content (AvgIpc) is 3.06. The molecule has 3 atom stereocenters. The summed E-state index contributed by atoms with van der Waals surface area (Å²) in [6.45, 7) is 7.68. The van der Waals surface area contributed by atoms with Gasteiger partial charge in [-0.1, -0.05) is 20.8 Å². The van der Waals surface area contributed by atoms with Crippen LogP contribution in [-0.2, 0) is 6.54 Å². The Balaban J connectivity index is 1.90. The van der Waals surface area contributed by atoms with Gasteiger partial charge in [-0.3, -0.25) is 0 Å². The van der Waals surface area contributed by atoms with E-state index >= 15 is 0 Å². The summed E-state index contributed by atoms with van der Waals surface area (Å²) < 4.78 is 5.42. The number of hydrogen-bond donors (Lipinski definition) is 2. The van der Waals surface area contributed by atoms with E-state index in [4.69, 9.17) is 4.74 Å². The molecule has 2 aromatic rings. The number of hydrogen-bond acceptors (Lipinski definition) is 5. The zero-order chi connectivity index (χ0) is 16.4. The molecular formula is C18H25N3OS. The Morgan fingerprint density at radius 2 is 2.22 bits per heavy atom. The van der Waals surface area contributed by atoms with E-state index < -0.39 is 0 Å². The number of nitrogens with one attached hydrogen (secondary N) is 2. The van der Waals surface area contributed by atoms with Gasteiger partial charge < -0.3 is 15.4 Å². The van der Waals surface area contributed by atoms with Crippen molar-refractivity contribution in [3.05, 3.63) is 40.3 Å². The van der Waals surface area contributed by atoms with Gasteiger partial charge in [0.15, 0.2) is 0 Å². The van der Waals surface area contributed by atoms with Gasteiger partial charge in [0.2, 0.25) is 0 Å². The molecular weight excluding hydrogens is 306 g/mol. The molecule has 0 unspecified atom stereocenters. The van der Waals surface area contributed by atoms with Crippen LogP contribution in [0.2, 0.25) is 0 Å². The molecule has 1 aliphatic heterocycles. The van der Waals surface area contributed by atoms with Crippen LogP contribution in [-0.4, -0.2) is 18.1 Å². The van der Waals surface area contributed by atoms with Crippen molar-refractivity contribution in [3.63, 3.8) is 0 Å². The smallest absolute Gasteiger partial charge is 0.119 e. The Labute approximate surface area is 142 Å². The molecule has 2 N–H and O–H groups in total. The number of thiazole rings is 1. The first-order chi connectivity index (χ1) is 11.1. The molecule has 1 aromatic carbocycles. The summed E-state index contributed by atoms with van der Waals surface area (Å²) in [5.74, 6) is 1.96. The van der Waals surface area contributed by atoms with Crippen LogP contribution in [0.5, 0.6) is 5.75 Å². The molecule has 0 aliphatic carbocycles. The summed E-state index contributed by atoms with van der Waals surface area (Å²) in [5.41, 5.74) is 2.49. The monoisotopic (exact) mass is 331 g/mol. The van der Waals surface area contributed by atoms with Crippen LogP contribution in [0.1, 0.15) is 37.4 Å². The number of fused-ring (bicyclic) bond motifs is 1. The van der Waals surface area contributed by atoms with Gasteiger partial charge in [-0.25, -0.2) is 4.98 Å². The average molecular weight is 331 g/mol. The Bertz CT molecular complexity index is 642. The molecule has 0 amide bonds. The van der Waals surface area contributed by atoms with Gasteiger partial charge >= 0.3 is 0 Å². The molecule has 0 radical (unpaired) electrons. The molecule has 5 heteroatoms. The fourth-order valence-electron chi connectivity index (χ4n) is 3.47. The second-order valence-corrected chi connectivity index (χ2v) is 7.49. The second kappa shape index (κ2) is 6.89. The SMILES string of the molecule is COc1ccc2c(c1)[C@@H](NCc1nccs1)[C@H](C)[C@@H](C(C)C)N2. The molecule has 0 saturated heterocycles. The van der Waals surface area contributed by atoms with Crippen molar-refractivity contribution in [3.8, 4) is 5.75 Å². The highest BCUT2D eigenvalue weighted by molar-refractivity contribution is 7.09. The van der Waals surface area contributed by atoms with Gasteiger partial charge in [0.25, 0.3) is 0 Å². The minimum Gasteiger partial charge on any atom is -0.497 e. The van der Waals surface area contributed by atoms with Crippen LogP contribution >= 0.6 is 11.3 Å². The summed E-state index contributed by atoms with van der Waals surface area (Å²) >= 11 is 1.69. The number of ether oxygens (including phenoxy) is 1. The van der Waals surface area contributed by atoms with Crippen LogP contribution in [0.25, 0.3) is 0 Å². The predicted octanol–water partition coefficient (Wildman–Crippen LogP) is 4.07. The lowest BCUT2D eigenvalue weighted by Gasteiger charge is -2.41. The molecule has 3 rings (SSSR count). The Kier molecular flexibility index (Phi) is 4.87. The van der Waals surface area contributed by atoms with Crippen molar-refractivity contribution in [1.82, 2.24) is 10.3 Å². The molecule has 4 nitrogen and oxygen atoms in total. The zero-order valence-electron chi connectivity index (χ0n) is 14.2. The minimum absolute atomic E-state index is 0.289. The first-order valence-corrected chi connectivity index (χ1v) is 9.04. The lowest BCUT2D eigenvalue weighted by molar-refractivity contribution is 0.285. The lowest BCUT2D eigenvalue weighted by Crippen LogP contribution is -2.44. The van der Waals surface area contributed by atoms with E-state index in [1.165, 1.54) is 11.3 Å². The fraction of sp³-hybridized carbons (Fsp3) is 0.500. The van der Waals surface area contributed by atoms with Crippen LogP contribution in [0.4, 0.5) is 5.69 Å². The fourth-order valence-corrected chi connectivity index (χ4v) is 4.03. The van der Waals surface area contributed by atoms with Crippen molar-refractivity contribution < 1.29 is 4.74 Å². The summed E-state index contributed by atoms with van der Waals surface area (Å²) in [4.78, 5) is 4.39.